The summed E-state index contributed by atoms with van der Waals surface area (Å²) in [6.45, 7) is 8.09. The summed E-state index contributed by atoms with van der Waals surface area (Å²) in [5.41, 5.74) is 2.47. The molecule has 0 aromatic heterocycles. The molecular weight excluding hydrogens is 362 g/mol. The molecule has 2 aliphatic heterocycles. The molecule has 27 heavy (non-hydrogen) atoms. The Labute approximate surface area is 163 Å². The SMILES string of the molecule is CCCS(=O)(=O)N1CCC(C(=O)N2CCN(c3cccc(C)c3)CC2)CC1. The Balaban J connectivity index is 1.50. The summed E-state index contributed by atoms with van der Waals surface area (Å²) in [5, 5.41) is 0. The second-order valence-corrected chi connectivity index (χ2v) is 9.73. The van der Waals surface area contributed by atoms with E-state index in [9.17, 15) is 13.2 Å². The summed E-state index contributed by atoms with van der Waals surface area (Å²) in [6.07, 6.45) is 1.91. The van der Waals surface area contributed by atoms with Crippen LogP contribution in [0, 0.1) is 12.8 Å². The zero-order chi connectivity index (χ0) is 19.4. The molecule has 0 radical (unpaired) electrons. The van der Waals surface area contributed by atoms with Crippen LogP contribution in [0.4, 0.5) is 5.69 Å². The largest absolute Gasteiger partial charge is 0.368 e. The average Bonchev–Trinajstić information content (AvgIpc) is 2.68. The third-order valence-corrected chi connectivity index (χ3v) is 7.69. The molecule has 0 bridgehead atoms. The van der Waals surface area contributed by atoms with Crippen molar-refractivity contribution in [2.24, 2.45) is 5.92 Å². The molecular formula is C20H31N3O3S. The lowest BCUT2D eigenvalue weighted by Crippen LogP contribution is -2.52. The summed E-state index contributed by atoms with van der Waals surface area (Å²) in [5.74, 6) is 0.363. The highest BCUT2D eigenvalue weighted by Crippen LogP contribution is 2.24. The lowest BCUT2D eigenvalue weighted by atomic mass is 9.96. The van der Waals surface area contributed by atoms with E-state index in [0.717, 1.165) is 26.2 Å². The lowest BCUT2D eigenvalue weighted by molar-refractivity contribution is -0.137. The Morgan fingerprint density at radius 3 is 2.33 bits per heavy atom. The normalized spacial score (nSPS) is 20.1. The molecule has 1 aromatic rings. The maximum Gasteiger partial charge on any atom is 0.225 e. The van der Waals surface area contributed by atoms with E-state index in [-0.39, 0.29) is 17.6 Å². The number of sulfonamides is 1. The topological polar surface area (TPSA) is 60.9 Å². The van der Waals surface area contributed by atoms with Crippen molar-refractivity contribution in [1.29, 1.82) is 0 Å². The molecule has 0 spiro atoms. The van der Waals surface area contributed by atoms with E-state index >= 15 is 0 Å². The van der Waals surface area contributed by atoms with Gasteiger partial charge in [0.15, 0.2) is 0 Å². The predicted octanol–water partition coefficient (Wildman–Crippen LogP) is 2.10. The molecule has 2 aliphatic rings. The van der Waals surface area contributed by atoms with Gasteiger partial charge in [0.05, 0.1) is 5.75 Å². The fourth-order valence-electron chi connectivity index (χ4n) is 4.04. The molecule has 0 unspecified atom stereocenters. The molecule has 0 saturated carbocycles. The number of piperazine rings is 1. The van der Waals surface area contributed by atoms with Crippen molar-refractivity contribution in [3.8, 4) is 0 Å². The number of nitrogens with zero attached hydrogens (tertiary/aromatic N) is 3. The van der Waals surface area contributed by atoms with Gasteiger partial charge in [-0.25, -0.2) is 12.7 Å². The third-order valence-electron chi connectivity index (χ3n) is 5.62. The number of aryl methyl sites for hydroxylation is 1. The first-order valence-electron chi connectivity index (χ1n) is 9.99. The molecule has 0 aliphatic carbocycles. The minimum absolute atomic E-state index is 0.0383. The highest BCUT2D eigenvalue weighted by Gasteiger charge is 2.33. The Hall–Kier alpha value is -1.60. The molecule has 3 rings (SSSR count). The van der Waals surface area contributed by atoms with Crippen LogP contribution < -0.4 is 4.90 Å². The second kappa shape index (κ2) is 8.61. The number of hydrogen-bond donors (Lipinski definition) is 0. The number of carbonyl (C=O) groups is 1. The standard InChI is InChI=1S/C20H31N3O3S/c1-3-15-27(25,26)23-9-7-18(8-10-23)20(24)22-13-11-21(12-14-22)19-6-4-5-17(2)16-19/h4-6,16,18H,3,7-15H2,1-2H3. The van der Waals surface area contributed by atoms with Crippen molar-refractivity contribution in [2.45, 2.75) is 33.1 Å². The van der Waals surface area contributed by atoms with Crippen LogP contribution in [0.1, 0.15) is 31.7 Å². The number of benzene rings is 1. The number of rotatable bonds is 5. The van der Waals surface area contributed by atoms with Gasteiger partial charge in [0.1, 0.15) is 0 Å². The van der Waals surface area contributed by atoms with Crippen LogP contribution in [0.3, 0.4) is 0 Å². The van der Waals surface area contributed by atoms with E-state index in [0.29, 0.717) is 32.4 Å². The quantitative estimate of drug-likeness (QED) is 0.769. The van der Waals surface area contributed by atoms with Crippen molar-refractivity contribution in [3.05, 3.63) is 29.8 Å². The van der Waals surface area contributed by atoms with E-state index in [1.807, 2.05) is 11.8 Å². The first kappa shape index (κ1) is 20.1. The summed E-state index contributed by atoms with van der Waals surface area (Å²) in [6, 6.07) is 8.47. The van der Waals surface area contributed by atoms with Crippen molar-refractivity contribution in [2.75, 3.05) is 49.9 Å². The molecule has 150 valence electrons. The molecule has 2 saturated heterocycles. The Morgan fingerprint density at radius 1 is 1.07 bits per heavy atom. The van der Waals surface area contributed by atoms with Gasteiger partial charge in [-0.05, 0) is 43.9 Å². The van der Waals surface area contributed by atoms with Gasteiger partial charge < -0.3 is 9.80 Å². The molecule has 2 fully saturated rings. The van der Waals surface area contributed by atoms with Crippen molar-refractivity contribution in [1.82, 2.24) is 9.21 Å². The summed E-state index contributed by atoms with van der Waals surface area (Å²) in [4.78, 5) is 17.2. The van der Waals surface area contributed by atoms with Gasteiger partial charge in [-0.15, -0.1) is 0 Å². The van der Waals surface area contributed by atoms with Gasteiger partial charge in [0.2, 0.25) is 15.9 Å². The maximum atomic E-state index is 12.9. The predicted molar refractivity (Wildman–Crippen MR) is 108 cm³/mol. The van der Waals surface area contributed by atoms with Gasteiger partial charge in [-0.2, -0.15) is 0 Å². The fraction of sp³-hybridized carbons (Fsp3) is 0.650. The van der Waals surface area contributed by atoms with Crippen molar-refractivity contribution in [3.63, 3.8) is 0 Å². The number of anilines is 1. The first-order valence-corrected chi connectivity index (χ1v) is 11.6. The summed E-state index contributed by atoms with van der Waals surface area (Å²) in [7, 11) is -3.15. The van der Waals surface area contributed by atoms with Crippen LogP contribution in [-0.4, -0.2) is 68.6 Å². The van der Waals surface area contributed by atoms with Gasteiger partial charge in [0, 0.05) is 50.9 Å². The van der Waals surface area contributed by atoms with E-state index in [1.165, 1.54) is 11.3 Å². The molecule has 7 heteroatoms. The number of carbonyl (C=O) groups excluding carboxylic acids is 1. The first-order chi connectivity index (χ1) is 12.9. The fourth-order valence-corrected chi connectivity index (χ4v) is 5.58. The minimum Gasteiger partial charge on any atom is -0.368 e. The van der Waals surface area contributed by atoms with Crippen LogP contribution >= 0.6 is 0 Å². The Morgan fingerprint density at radius 2 is 1.74 bits per heavy atom. The van der Waals surface area contributed by atoms with E-state index < -0.39 is 10.0 Å². The second-order valence-electron chi connectivity index (χ2n) is 7.64. The van der Waals surface area contributed by atoms with E-state index in [1.54, 1.807) is 4.31 Å². The summed E-state index contributed by atoms with van der Waals surface area (Å²) < 4.78 is 25.9. The van der Waals surface area contributed by atoms with Gasteiger partial charge >= 0.3 is 0 Å². The van der Waals surface area contributed by atoms with Crippen LogP contribution in [0.2, 0.25) is 0 Å². The number of amides is 1. The molecule has 6 nitrogen and oxygen atoms in total. The van der Waals surface area contributed by atoms with Gasteiger partial charge in [0.25, 0.3) is 0 Å². The zero-order valence-electron chi connectivity index (χ0n) is 16.4. The Bertz CT molecular complexity index is 749. The highest BCUT2D eigenvalue weighted by atomic mass is 32.2. The lowest BCUT2D eigenvalue weighted by Gasteiger charge is -2.39. The molecule has 1 amide bonds. The van der Waals surface area contributed by atoms with E-state index in [2.05, 4.69) is 36.1 Å². The van der Waals surface area contributed by atoms with Crippen molar-refractivity contribution < 1.29 is 13.2 Å². The zero-order valence-corrected chi connectivity index (χ0v) is 17.2. The van der Waals surface area contributed by atoms with Crippen LogP contribution in [0.15, 0.2) is 24.3 Å². The van der Waals surface area contributed by atoms with Crippen molar-refractivity contribution >= 4 is 21.6 Å². The number of hydrogen-bond acceptors (Lipinski definition) is 4. The van der Waals surface area contributed by atoms with Gasteiger partial charge in [-0.3, -0.25) is 4.79 Å². The average molecular weight is 394 g/mol. The molecule has 0 N–H and O–H groups in total. The maximum absolute atomic E-state index is 12.9. The molecule has 2 heterocycles. The molecule has 0 atom stereocenters. The third kappa shape index (κ3) is 4.82. The molecule has 1 aromatic carbocycles. The van der Waals surface area contributed by atoms with Crippen LogP contribution in [0.25, 0.3) is 0 Å². The van der Waals surface area contributed by atoms with Gasteiger partial charge in [-0.1, -0.05) is 19.1 Å². The Kier molecular flexibility index (Phi) is 6.42. The van der Waals surface area contributed by atoms with Crippen LogP contribution in [0.5, 0.6) is 0 Å². The number of piperidine rings is 1. The smallest absolute Gasteiger partial charge is 0.225 e. The monoisotopic (exact) mass is 393 g/mol. The van der Waals surface area contributed by atoms with E-state index in [4.69, 9.17) is 0 Å². The minimum atomic E-state index is -3.15. The van der Waals surface area contributed by atoms with Crippen LogP contribution in [-0.2, 0) is 14.8 Å². The highest BCUT2D eigenvalue weighted by molar-refractivity contribution is 7.89. The summed E-state index contributed by atoms with van der Waals surface area (Å²) >= 11 is 0.